The second-order valence-corrected chi connectivity index (χ2v) is 4.05. The molecule has 0 saturated heterocycles. The zero-order valence-corrected chi connectivity index (χ0v) is 9.79. The molecule has 0 spiro atoms. The van der Waals surface area contributed by atoms with E-state index in [1.54, 1.807) is 0 Å². The summed E-state index contributed by atoms with van der Waals surface area (Å²) in [5.74, 6) is 0.804. The Morgan fingerprint density at radius 3 is 2.56 bits per heavy atom. The van der Waals surface area contributed by atoms with Gasteiger partial charge in [-0.3, -0.25) is 4.39 Å². The molecule has 0 bridgehead atoms. The normalized spacial score (nSPS) is 12.4. The van der Waals surface area contributed by atoms with Gasteiger partial charge in [-0.15, -0.1) is 0 Å². The molecular formula is C13H20FNO. The Bertz CT molecular complexity index is 284. The van der Waals surface area contributed by atoms with Crippen molar-refractivity contribution in [2.45, 2.75) is 32.2 Å². The van der Waals surface area contributed by atoms with Crippen LogP contribution in [0.5, 0.6) is 5.75 Å². The molecule has 0 saturated carbocycles. The molecule has 2 nitrogen and oxygen atoms in total. The van der Waals surface area contributed by atoms with Crippen LogP contribution in [0.2, 0.25) is 0 Å². The predicted octanol–water partition coefficient (Wildman–Crippen LogP) is 2.70. The molecule has 0 amide bonds. The van der Waals surface area contributed by atoms with Crippen molar-refractivity contribution in [3.05, 3.63) is 29.8 Å². The van der Waals surface area contributed by atoms with Crippen LogP contribution < -0.4 is 10.5 Å². The van der Waals surface area contributed by atoms with Gasteiger partial charge in [0.1, 0.15) is 5.75 Å². The highest BCUT2D eigenvalue weighted by Crippen LogP contribution is 2.13. The molecule has 0 fully saturated rings. The van der Waals surface area contributed by atoms with Gasteiger partial charge in [-0.2, -0.15) is 0 Å². The van der Waals surface area contributed by atoms with Gasteiger partial charge in [-0.25, -0.2) is 0 Å². The summed E-state index contributed by atoms with van der Waals surface area (Å²) < 4.78 is 17.2. The Labute approximate surface area is 96.6 Å². The standard InChI is InChI=1S/C13H20FNO/c1-11(15)3-4-12-5-7-13(8-6-12)16-10-2-9-14/h5-8,11H,2-4,9-10,15H2,1H3. The van der Waals surface area contributed by atoms with E-state index in [0.29, 0.717) is 13.0 Å². The van der Waals surface area contributed by atoms with Crippen LogP contribution in [0.3, 0.4) is 0 Å². The number of rotatable bonds is 7. The van der Waals surface area contributed by atoms with Crippen molar-refractivity contribution >= 4 is 0 Å². The molecule has 0 heterocycles. The van der Waals surface area contributed by atoms with E-state index in [1.165, 1.54) is 5.56 Å². The molecule has 0 aliphatic rings. The van der Waals surface area contributed by atoms with E-state index in [2.05, 4.69) is 0 Å². The summed E-state index contributed by atoms with van der Waals surface area (Å²) in [6.45, 7) is 2.12. The van der Waals surface area contributed by atoms with E-state index in [1.807, 2.05) is 31.2 Å². The number of benzene rings is 1. The van der Waals surface area contributed by atoms with Gasteiger partial charge in [-0.05, 0) is 37.5 Å². The third kappa shape index (κ3) is 5.12. The van der Waals surface area contributed by atoms with Gasteiger partial charge in [0.2, 0.25) is 0 Å². The quantitative estimate of drug-likeness (QED) is 0.724. The molecule has 1 aromatic rings. The Morgan fingerprint density at radius 2 is 2.00 bits per heavy atom. The van der Waals surface area contributed by atoms with Crippen molar-refractivity contribution in [2.24, 2.45) is 5.73 Å². The lowest BCUT2D eigenvalue weighted by atomic mass is 10.1. The molecular weight excluding hydrogens is 205 g/mol. The van der Waals surface area contributed by atoms with Crippen molar-refractivity contribution in [2.75, 3.05) is 13.3 Å². The summed E-state index contributed by atoms with van der Waals surface area (Å²) in [7, 11) is 0. The average molecular weight is 225 g/mol. The smallest absolute Gasteiger partial charge is 0.119 e. The van der Waals surface area contributed by atoms with Crippen LogP contribution in [0.15, 0.2) is 24.3 Å². The van der Waals surface area contributed by atoms with Crippen LogP contribution in [0.4, 0.5) is 4.39 Å². The molecule has 1 unspecified atom stereocenters. The molecule has 0 aromatic heterocycles. The molecule has 0 radical (unpaired) electrons. The average Bonchev–Trinajstić information content (AvgIpc) is 2.28. The van der Waals surface area contributed by atoms with Crippen molar-refractivity contribution in [3.8, 4) is 5.75 Å². The maximum absolute atomic E-state index is 11.8. The van der Waals surface area contributed by atoms with Gasteiger partial charge in [0, 0.05) is 12.5 Å². The lowest BCUT2D eigenvalue weighted by Gasteiger charge is -2.07. The van der Waals surface area contributed by atoms with Crippen molar-refractivity contribution in [3.63, 3.8) is 0 Å². The predicted molar refractivity (Wildman–Crippen MR) is 64.5 cm³/mol. The van der Waals surface area contributed by atoms with Gasteiger partial charge < -0.3 is 10.5 Å². The van der Waals surface area contributed by atoms with Crippen LogP contribution in [-0.4, -0.2) is 19.3 Å². The number of nitrogens with two attached hydrogens (primary N) is 1. The largest absolute Gasteiger partial charge is 0.494 e. The minimum absolute atomic E-state index is 0.237. The highest BCUT2D eigenvalue weighted by Gasteiger charge is 1.98. The summed E-state index contributed by atoms with van der Waals surface area (Å²) in [4.78, 5) is 0. The van der Waals surface area contributed by atoms with E-state index in [0.717, 1.165) is 18.6 Å². The fourth-order valence-electron chi connectivity index (χ4n) is 1.39. The lowest BCUT2D eigenvalue weighted by molar-refractivity contribution is 0.289. The Balaban J connectivity index is 2.35. The van der Waals surface area contributed by atoms with E-state index in [9.17, 15) is 4.39 Å². The molecule has 1 rings (SSSR count). The van der Waals surface area contributed by atoms with Crippen LogP contribution in [0.25, 0.3) is 0 Å². The third-order valence-corrected chi connectivity index (χ3v) is 2.36. The minimum atomic E-state index is -0.327. The van der Waals surface area contributed by atoms with Gasteiger partial charge in [0.25, 0.3) is 0 Å². The molecule has 3 heteroatoms. The Kier molecular flexibility index (Phi) is 5.86. The third-order valence-electron chi connectivity index (χ3n) is 2.36. The molecule has 16 heavy (non-hydrogen) atoms. The topological polar surface area (TPSA) is 35.2 Å². The van der Waals surface area contributed by atoms with Crippen molar-refractivity contribution < 1.29 is 9.13 Å². The van der Waals surface area contributed by atoms with Gasteiger partial charge in [0.05, 0.1) is 13.3 Å². The first-order chi connectivity index (χ1) is 7.72. The maximum Gasteiger partial charge on any atom is 0.119 e. The second-order valence-electron chi connectivity index (χ2n) is 4.05. The van der Waals surface area contributed by atoms with Crippen LogP contribution in [0, 0.1) is 0 Å². The molecule has 1 aromatic carbocycles. The number of aryl methyl sites for hydroxylation is 1. The highest BCUT2D eigenvalue weighted by molar-refractivity contribution is 5.27. The second kappa shape index (κ2) is 7.23. The first kappa shape index (κ1) is 13.0. The minimum Gasteiger partial charge on any atom is -0.494 e. The Hall–Kier alpha value is -1.09. The number of ether oxygens (including phenoxy) is 1. The van der Waals surface area contributed by atoms with Crippen molar-refractivity contribution in [1.29, 1.82) is 0 Å². The zero-order chi connectivity index (χ0) is 11.8. The van der Waals surface area contributed by atoms with Crippen LogP contribution >= 0.6 is 0 Å². The van der Waals surface area contributed by atoms with Crippen molar-refractivity contribution in [1.82, 2.24) is 0 Å². The SMILES string of the molecule is CC(N)CCc1ccc(OCCCF)cc1. The molecule has 1 atom stereocenters. The lowest BCUT2D eigenvalue weighted by Crippen LogP contribution is -2.15. The molecule has 2 N–H and O–H groups in total. The summed E-state index contributed by atoms with van der Waals surface area (Å²) in [5.41, 5.74) is 6.95. The fraction of sp³-hybridized carbons (Fsp3) is 0.538. The summed E-state index contributed by atoms with van der Waals surface area (Å²) >= 11 is 0. The first-order valence-electron chi connectivity index (χ1n) is 5.75. The van der Waals surface area contributed by atoms with Crippen LogP contribution in [-0.2, 0) is 6.42 Å². The van der Waals surface area contributed by atoms with Gasteiger partial charge >= 0.3 is 0 Å². The maximum atomic E-state index is 11.8. The van der Waals surface area contributed by atoms with E-state index >= 15 is 0 Å². The fourth-order valence-corrected chi connectivity index (χ4v) is 1.39. The number of hydrogen-bond acceptors (Lipinski definition) is 2. The van der Waals surface area contributed by atoms with Crippen LogP contribution in [0.1, 0.15) is 25.3 Å². The number of alkyl halides is 1. The molecule has 0 aliphatic heterocycles. The monoisotopic (exact) mass is 225 g/mol. The summed E-state index contributed by atoms with van der Waals surface area (Å²) in [5, 5.41) is 0. The zero-order valence-electron chi connectivity index (χ0n) is 9.79. The van der Waals surface area contributed by atoms with E-state index < -0.39 is 0 Å². The number of halogens is 1. The van der Waals surface area contributed by atoms with Gasteiger partial charge in [-0.1, -0.05) is 12.1 Å². The van der Waals surface area contributed by atoms with E-state index in [-0.39, 0.29) is 12.7 Å². The summed E-state index contributed by atoms with van der Waals surface area (Å²) in [6, 6.07) is 8.16. The van der Waals surface area contributed by atoms with E-state index in [4.69, 9.17) is 10.5 Å². The van der Waals surface area contributed by atoms with Gasteiger partial charge in [0.15, 0.2) is 0 Å². The summed E-state index contributed by atoms with van der Waals surface area (Å²) in [6.07, 6.45) is 2.43. The highest BCUT2D eigenvalue weighted by atomic mass is 19.1. The first-order valence-corrected chi connectivity index (χ1v) is 5.75. The Morgan fingerprint density at radius 1 is 1.31 bits per heavy atom. The molecule has 0 aliphatic carbocycles. The number of hydrogen-bond donors (Lipinski definition) is 1. The molecule has 90 valence electrons.